The van der Waals surface area contributed by atoms with Crippen LogP contribution in [0.15, 0.2) is 48.7 Å². The second-order valence-corrected chi connectivity index (χ2v) is 5.75. The molecule has 0 spiro atoms. The van der Waals surface area contributed by atoms with Crippen LogP contribution in [0.4, 0.5) is 0 Å². The van der Waals surface area contributed by atoms with E-state index in [9.17, 15) is 4.79 Å². The Hall–Kier alpha value is -1.54. The zero-order chi connectivity index (χ0) is 13.2. The predicted molar refractivity (Wildman–Crippen MR) is 74.2 cm³/mol. The van der Waals surface area contributed by atoms with Crippen molar-refractivity contribution in [2.45, 2.75) is 25.3 Å². The number of carbonyl (C=O) groups is 1. The molecule has 1 aromatic carbocycles. The standard InChI is InChI=1S/C15H16ClNO/c1-15(2,16)14(18)13-9-6-10-17(13)11-12-7-4-3-5-8-12/h3-10H,11H2,1-2H3. The largest absolute Gasteiger partial charge is 0.341 e. The van der Waals surface area contributed by atoms with Gasteiger partial charge in [-0.2, -0.15) is 0 Å². The van der Waals surface area contributed by atoms with E-state index < -0.39 is 4.87 Å². The second kappa shape index (κ2) is 4.99. The Morgan fingerprint density at radius 1 is 1.17 bits per heavy atom. The topological polar surface area (TPSA) is 22.0 Å². The van der Waals surface area contributed by atoms with Crippen molar-refractivity contribution in [1.82, 2.24) is 4.57 Å². The SMILES string of the molecule is CC(C)(Cl)C(=O)c1cccn1Cc1ccccc1. The molecule has 0 atom stereocenters. The van der Waals surface area contributed by atoms with E-state index in [1.165, 1.54) is 0 Å². The fraction of sp³-hybridized carbons (Fsp3) is 0.267. The number of rotatable bonds is 4. The lowest BCUT2D eigenvalue weighted by Crippen LogP contribution is -2.27. The van der Waals surface area contributed by atoms with Gasteiger partial charge in [0.25, 0.3) is 0 Å². The van der Waals surface area contributed by atoms with Gasteiger partial charge in [-0.3, -0.25) is 4.79 Å². The Morgan fingerprint density at radius 2 is 1.83 bits per heavy atom. The number of alkyl halides is 1. The lowest BCUT2D eigenvalue weighted by Gasteiger charge is -2.16. The van der Waals surface area contributed by atoms with E-state index in [4.69, 9.17) is 11.6 Å². The summed E-state index contributed by atoms with van der Waals surface area (Å²) in [5, 5.41) is 0. The number of halogens is 1. The summed E-state index contributed by atoms with van der Waals surface area (Å²) >= 11 is 6.09. The number of Topliss-reactive ketones (excluding diaryl/α,β-unsaturated/α-hetero) is 1. The van der Waals surface area contributed by atoms with Crippen LogP contribution in [0.25, 0.3) is 0 Å². The average Bonchev–Trinajstić information content (AvgIpc) is 2.76. The molecule has 0 unspecified atom stereocenters. The Bertz CT molecular complexity index is 537. The van der Waals surface area contributed by atoms with Crippen molar-refractivity contribution in [3.63, 3.8) is 0 Å². The molecule has 0 saturated carbocycles. The molecule has 94 valence electrons. The molecule has 18 heavy (non-hydrogen) atoms. The summed E-state index contributed by atoms with van der Waals surface area (Å²) in [5.41, 5.74) is 1.81. The quantitative estimate of drug-likeness (QED) is 0.607. The van der Waals surface area contributed by atoms with Crippen molar-refractivity contribution >= 4 is 17.4 Å². The van der Waals surface area contributed by atoms with Gasteiger partial charge in [0, 0.05) is 12.7 Å². The van der Waals surface area contributed by atoms with Crippen molar-refractivity contribution in [3.05, 3.63) is 59.9 Å². The summed E-state index contributed by atoms with van der Waals surface area (Å²) in [5.74, 6) is -0.0508. The number of hydrogen-bond donors (Lipinski definition) is 0. The molecule has 1 aromatic heterocycles. The molecule has 2 nitrogen and oxygen atoms in total. The summed E-state index contributed by atoms with van der Waals surface area (Å²) in [7, 11) is 0. The van der Waals surface area contributed by atoms with E-state index >= 15 is 0 Å². The van der Waals surface area contributed by atoms with Crippen molar-refractivity contribution in [3.8, 4) is 0 Å². The van der Waals surface area contributed by atoms with Crippen LogP contribution in [0, 0.1) is 0 Å². The third-order valence-electron chi connectivity index (χ3n) is 2.80. The molecule has 2 rings (SSSR count). The summed E-state index contributed by atoms with van der Waals surface area (Å²) in [6.07, 6.45) is 1.91. The van der Waals surface area contributed by atoms with E-state index in [-0.39, 0.29) is 5.78 Å². The van der Waals surface area contributed by atoms with Gasteiger partial charge in [0.1, 0.15) is 4.87 Å². The molecule has 1 heterocycles. The maximum absolute atomic E-state index is 12.2. The fourth-order valence-electron chi connectivity index (χ4n) is 1.84. The third kappa shape index (κ3) is 2.82. The molecular weight excluding hydrogens is 246 g/mol. The Balaban J connectivity index is 2.26. The smallest absolute Gasteiger partial charge is 0.199 e. The number of aromatic nitrogens is 1. The number of benzene rings is 1. The van der Waals surface area contributed by atoms with Crippen LogP contribution in [-0.2, 0) is 6.54 Å². The Kier molecular flexibility index (Phi) is 3.58. The fourth-order valence-corrected chi connectivity index (χ4v) is 1.94. The second-order valence-electron chi connectivity index (χ2n) is 4.81. The van der Waals surface area contributed by atoms with Crippen molar-refractivity contribution in [1.29, 1.82) is 0 Å². The molecular formula is C15H16ClNO. The van der Waals surface area contributed by atoms with Gasteiger partial charge in [0.05, 0.1) is 5.69 Å². The minimum atomic E-state index is -0.868. The summed E-state index contributed by atoms with van der Waals surface area (Å²) < 4.78 is 1.93. The van der Waals surface area contributed by atoms with Gasteiger partial charge in [-0.1, -0.05) is 30.3 Å². The van der Waals surface area contributed by atoms with Gasteiger partial charge >= 0.3 is 0 Å². The van der Waals surface area contributed by atoms with Crippen molar-refractivity contribution < 1.29 is 4.79 Å². The first-order chi connectivity index (χ1) is 8.48. The zero-order valence-electron chi connectivity index (χ0n) is 10.6. The minimum absolute atomic E-state index is 0.0508. The number of hydrogen-bond acceptors (Lipinski definition) is 1. The van der Waals surface area contributed by atoms with Gasteiger partial charge in [-0.25, -0.2) is 0 Å². The van der Waals surface area contributed by atoms with Gasteiger partial charge in [-0.05, 0) is 31.5 Å². The Morgan fingerprint density at radius 3 is 2.44 bits per heavy atom. The summed E-state index contributed by atoms with van der Waals surface area (Å²) in [4.78, 5) is 11.3. The van der Waals surface area contributed by atoms with Crippen LogP contribution >= 0.6 is 11.6 Å². The van der Waals surface area contributed by atoms with Gasteiger partial charge in [-0.15, -0.1) is 11.6 Å². The zero-order valence-corrected chi connectivity index (χ0v) is 11.3. The van der Waals surface area contributed by atoms with E-state index in [0.717, 1.165) is 5.56 Å². The van der Waals surface area contributed by atoms with Crippen LogP contribution in [0.1, 0.15) is 29.9 Å². The predicted octanol–water partition coefficient (Wildman–Crippen LogP) is 3.74. The van der Waals surface area contributed by atoms with Gasteiger partial charge < -0.3 is 4.57 Å². The van der Waals surface area contributed by atoms with E-state index in [1.807, 2.05) is 53.2 Å². The maximum Gasteiger partial charge on any atom is 0.199 e. The lowest BCUT2D eigenvalue weighted by molar-refractivity contribution is 0.0945. The summed E-state index contributed by atoms with van der Waals surface area (Å²) in [6.45, 7) is 4.12. The molecule has 0 radical (unpaired) electrons. The lowest BCUT2D eigenvalue weighted by atomic mass is 10.1. The minimum Gasteiger partial charge on any atom is -0.341 e. The molecule has 0 amide bonds. The van der Waals surface area contributed by atoms with Crippen LogP contribution in [0.5, 0.6) is 0 Å². The molecule has 0 saturated heterocycles. The maximum atomic E-state index is 12.2. The van der Waals surface area contributed by atoms with E-state index in [1.54, 1.807) is 13.8 Å². The Labute approximate surface area is 112 Å². The molecule has 2 aromatic rings. The molecule has 0 aliphatic rings. The number of carbonyl (C=O) groups excluding carboxylic acids is 1. The van der Waals surface area contributed by atoms with Gasteiger partial charge in [0.2, 0.25) is 0 Å². The highest BCUT2D eigenvalue weighted by molar-refractivity contribution is 6.37. The average molecular weight is 262 g/mol. The first-order valence-corrected chi connectivity index (χ1v) is 6.29. The molecule has 0 N–H and O–H groups in total. The molecule has 0 bridgehead atoms. The van der Waals surface area contributed by atoms with Crippen LogP contribution < -0.4 is 0 Å². The molecule has 0 aliphatic carbocycles. The number of nitrogens with zero attached hydrogens (tertiary/aromatic N) is 1. The highest BCUT2D eigenvalue weighted by Crippen LogP contribution is 2.20. The molecule has 0 aliphatic heterocycles. The monoisotopic (exact) mass is 261 g/mol. The first-order valence-electron chi connectivity index (χ1n) is 5.91. The van der Waals surface area contributed by atoms with E-state index in [2.05, 4.69) is 0 Å². The normalized spacial score (nSPS) is 11.5. The third-order valence-corrected chi connectivity index (χ3v) is 2.97. The molecule has 0 fully saturated rings. The van der Waals surface area contributed by atoms with Crippen LogP contribution in [-0.4, -0.2) is 15.2 Å². The first kappa shape index (κ1) is 12.9. The van der Waals surface area contributed by atoms with Crippen molar-refractivity contribution in [2.24, 2.45) is 0 Å². The van der Waals surface area contributed by atoms with E-state index in [0.29, 0.717) is 12.2 Å². The number of ketones is 1. The highest BCUT2D eigenvalue weighted by Gasteiger charge is 2.27. The van der Waals surface area contributed by atoms with Crippen LogP contribution in [0.2, 0.25) is 0 Å². The van der Waals surface area contributed by atoms with Crippen molar-refractivity contribution in [2.75, 3.05) is 0 Å². The highest BCUT2D eigenvalue weighted by atomic mass is 35.5. The molecule has 3 heteroatoms. The van der Waals surface area contributed by atoms with Gasteiger partial charge in [0.15, 0.2) is 5.78 Å². The van der Waals surface area contributed by atoms with Crippen LogP contribution in [0.3, 0.4) is 0 Å². The summed E-state index contributed by atoms with van der Waals surface area (Å²) in [6, 6.07) is 13.7.